The number of ketones is 1. The van der Waals surface area contributed by atoms with E-state index >= 15 is 0 Å². The van der Waals surface area contributed by atoms with Crippen LogP contribution in [0.15, 0.2) is 53.6 Å². The number of hydrogen-bond donors (Lipinski definition) is 1. The number of amides is 1. The molecule has 3 rings (SSSR count). The minimum atomic E-state index is -0.526. The van der Waals surface area contributed by atoms with Crippen molar-refractivity contribution in [1.82, 2.24) is 9.55 Å². The SMILES string of the molecule is CC(C)(C)C(=O)Nc1ccc(C(=O)Cn2cnc3cc(F)ccc3c2=O)cc1. The maximum Gasteiger partial charge on any atom is 0.261 e. The number of hydrogen-bond acceptors (Lipinski definition) is 4. The number of fused-ring (bicyclic) bond motifs is 1. The normalized spacial score (nSPS) is 11.4. The number of aromatic nitrogens is 2. The lowest BCUT2D eigenvalue weighted by Gasteiger charge is -2.17. The van der Waals surface area contributed by atoms with Crippen molar-refractivity contribution in [2.24, 2.45) is 5.41 Å². The smallest absolute Gasteiger partial charge is 0.261 e. The zero-order valence-corrected chi connectivity index (χ0v) is 15.8. The molecule has 2 aromatic carbocycles. The zero-order chi connectivity index (χ0) is 20.5. The van der Waals surface area contributed by atoms with Crippen molar-refractivity contribution >= 4 is 28.3 Å². The van der Waals surface area contributed by atoms with E-state index in [9.17, 15) is 18.8 Å². The van der Waals surface area contributed by atoms with Gasteiger partial charge >= 0.3 is 0 Å². The third-order valence-corrected chi connectivity index (χ3v) is 4.25. The first-order chi connectivity index (χ1) is 13.1. The topological polar surface area (TPSA) is 81.1 Å². The molecule has 6 nitrogen and oxygen atoms in total. The molecule has 0 saturated carbocycles. The van der Waals surface area contributed by atoms with Gasteiger partial charge in [-0.05, 0) is 36.4 Å². The highest BCUT2D eigenvalue weighted by atomic mass is 19.1. The van der Waals surface area contributed by atoms with Crippen molar-refractivity contribution in [2.45, 2.75) is 27.3 Å². The van der Waals surface area contributed by atoms with Crippen LogP contribution in [0, 0.1) is 11.2 Å². The molecule has 0 aliphatic carbocycles. The average molecular weight is 381 g/mol. The number of rotatable bonds is 4. The van der Waals surface area contributed by atoms with E-state index in [1.54, 1.807) is 24.3 Å². The van der Waals surface area contributed by atoms with Gasteiger partial charge in [0.2, 0.25) is 5.91 Å². The van der Waals surface area contributed by atoms with Crippen LogP contribution in [0.5, 0.6) is 0 Å². The molecular weight excluding hydrogens is 361 g/mol. The number of carbonyl (C=O) groups is 2. The molecule has 0 spiro atoms. The number of halogens is 1. The summed E-state index contributed by atoms with van der Waals surface area (Å²) in [5, 5.41) is 3.03. The Kier molecular flexibility index (Phi) is 5.09. The zero-order valence-electron chi connectivity index (χ0n) is 15.8. The summed E-state index contributed by atoms with van der Waals surface area (Å²) in [6.07, 6.45) is 1.24. The Hall–Kier alpha value is -3.35. The average Bonchev–Trinajstić information content (AvgIpc) is 2.63. The number of anilines is 1. The molecule has 7 heteroatoms. The summed E-state index contributed by atoms with van der Waals surface area (Å²) in [6, 6.07) is 10.2. The molecule has 144 valence electrons. The lowest BCUT2D eigenvalue weighted by Crippen LogP contribution is -2.27. The molecule has 0 aliphatic heterocycles. The van der Waals surface area contributed by atoms with Crippen molar-refractivity contribution < 1.29 is 14.0 Å². The van der Waals surface area contributed by atoms with Crippen LogP contribution in [-0.4, -0.2) is 21.2 Å². The van der Waals surface area contributed by atoms with Gasteiger partial charge in [0.1, 0.15) is 5.82 Å². The molecule has 1 heterocycles. The van der Waals surface area contributed by atoms with Gasteiger partial charge in [0.25, 0.3) is 5.56 Å². The minimum absolute atomic E-state index is 0.128. The van der Waals surface area contributed by atoms with Crippen LogP contribution in [0.3, 0.4) is 0 Å². The second kappa shape index (κ2) is 7.34. The fourth-order valence-electron chi connectivity index (χ4n) is 2.55. The Morgan fingerprint density at radius 2 is 1.79 bits per heavy atom. The highest BCUT2D eigenvalue weighted by Crippen LogP contribution is 2.18. The Bertz CT molecular complexity index is 1110. The molecule has 1 N–H and O–H groups in total. The Labute approximate surface area is 161 Å². The molecular formula is C21H20FN3O3. The van der Waals surface area contributed by atoms with Gasteiger partial charge in [-0.25, -0.2) is 9.37 Å². The van der Waals surface area contributed by atoms with Gasteiger partial charge in [0.15, 0.2) is 5.78 Å². The predicted molar refractivity (Wildman–Crippen MR) is 105 cm³/mol. The summed E-state index contributed by atoms with van der Waals surface area (Å²) in [5.74, 6) is -0.886. The summed E-state index contributed by atoms with van der Waals surface area (Å²) >= 11 is 0. The molecule has 0 radical (unpaired) electrons. The fraction of sp³-hybridized carbons (Fsp3) is 0.238. The maximum atomic E-state index is 13.2. The minimum Gasteiger partial charge on any atom is -0.326 e. The van der Waals surface area contributed by atoms with E-state index in [1.165, 1.54) is 29.1 Å². The largest absolute Gasteiger partial charge is 0.326 e. The Morgan fingerprint density at radius 1 is 1.11 bits per heavy atom. The van der Waals surface area contributed by atoms with E-state index in [2.05, 4.69) is 10.3 Å². The van der Waals surface area contributed by atoms with Crippen molar-refractivity contribution in [3.8, 4) is 0 Å². The number of nitrogens with zero attached hydrogens (tertiary/aromatic N) is 2. The molecule has 3 aromatic rings. The van der Waals surface area contributed by atoms with Crippen molar-refractivity contribution in [3.05, 3.63) is 70.5 Å². The molecule has 1 aromatic heterocycles. The molecule has 0 aliphatic rings. The van der Waals surface area contributed by atoms with Crippen LogP contribution in [0.25, 0.3) is 10.9 Å². The van der Waals surface area contributed by atoms with Crippen LogP contribution in [0.1, 0.15) is 31.1 Å². The first-order valence-corrected chi connectivity index (χ1v) is 8.74. The van der Waals surface area contributed by atoms with Gasteiger partial charge in [-0.3, -0.25) is 19.0 Å². The van der Waals surface area contributed by atoms with Gasteiger partial charge in [0.05, 0.1) is 23.8 Å². The van der Waals surface area contributed by atoms with Gasteiger partial charge in [0, 0.05) is 22.7 Å². The molecule has 1 amide bonds. The predicted octanol–water partition coefficient (Wildman–Crippen LogP) is 3.40. The van der Waals surface area contributed by atoms with Crippen LogP contribution >= 0.6 is 0 Å². The second-order valence-electron chi connectivity index (χ2n) is 7.54. The molecule has 0 bridgehead atoms. The number of carbonyl (C=O) groups excluding carboxylic acids is 2. The monoisotopic (exact) mass is 381 g/mol. The summed E-state index contributed by atoms with van der Waals surface area (Å²) in [5.41, 5.74) is 0.296. The van der Waals surface area contributed by atoms with Crippen LogP contribution in [0.2, 0.25) is 0 Å². The van der Waals surface area contributed by atoms with E-state index in [4.69, 9.17) is 0 Å². The van der Waals surface area contributed by atoms with E-state index in [0.29, 0.717) is 11.3 Å². The molecule has 28 heavy (non-hydrogen) atoms. The van der Waals surface area contributed by atoms with Gasteiger partial charge in [-0.2, -0.15) is 0 Å². The Morgan fingerprint density at radius 3 is 2.43 bits per heavy atom. The molecule has 0 saturated heterocycles. The summed E-state index contributed by atoms with van der Waals surface area (Å²) in [6.45, 7) is 5.24. The summed E-state index contributed by atoms with van der Waals surface area (Å²) in [7, 11) is 0. The van der Waals surface area contributed by atoms with Gasteiger partial charge in [-0.15, -0.1) is 0 Å². The quantitative estimate of drug-likeness (QED) is 0.703. The fourth-order valence-corrected chi connectivity index (χ4v) is 2.55. The number of Topliss-reactive ketones (excluding diaryl/α,β-unsaturated/α-hetero) is 1. The second-order valence-corrected chi connectivity index (χ2v) is 7.54. The summed E-state index contributed by atoms with van der Waals surface area (Å²) in [4.78, 5) is 41.0. The lowest BCUT2D eigenvalue weighted by atomic mass is 9.95. The maximum absolute atomic E-state index is 13.2. The lowest BCUT2D eigenvalue weighted by molar-refractivity contribution is -0.123. The van der Waals surface area contributed by atoms with E-state index in [-0.39, 0.29) is 29.1 Å². The summed E-state index contributed by atoms with van der Waals surface area (Å²) < 4.78 is 14.4. The molecule has 0 unspecified atom stereocenters. The van der Waals surface area contributed by atoms with Crippen molar-refractivity contribution in [3.63, 3.8) is 0 Å². The molecule has 0 atom stereocenters. The van der Waals surface area contributed by atoms with E-state index < -0.39 is 16.8 Å². The number of nitrogens with one attached hydrogen (secondary N) is 1. The van der Waals surface area contributed by atoms with E-state index in [1.807, 2.05) is 20.8 Å². The first-order valence-electron chi connectivity index (χ1n) is 8.74. The Balaban J connectivity index is 1.77. The van der Waals surface area contributed by atoms with Crippen LogP contribution in [-0.2, 0) is 11.3 Å². The van der Waals surface area contributed by atoms with E-state index in [0.717, 1.165) is 0 Å². The van der Waals surface area contributed by atoms with Crippen LogP contribution in [0.4, 0.5) is 10.1 Å². The number of benzene rings is 2. The van der Waals surface area contributed by atoms with Crippen LogP contribution < -0.4 is 10.9 Å². The first kappa shape index (κ1) is 19.4. The molecule has 0 fully saturated rings. The third kappa shape index (κ3) is 4.14. The third-order valence-electron chi connectivity index (χ3n) is 4.25. The van der Waals surface area contributed by atoms with Gasteiger partial charge < -0.3 is 5.32 Å². The van der Waals surface area contributed by atoms with Gasteiger partial charge in [-0.1, -0.05) is 20.8 Å². The highest BCUT2D eigenvalue weighted by molar-refractivity contribution is 5.98. The van der Waals surface area contributed by atoms with Crippen molar-refractivity contribution in [2.75, 3.05) is 5.32 Å². The van der Waals surface area contributed by atoms with Crippen molar-refractivity contribution in [1.29, 1.82) is 0 Å². The standard InChI is InChI=1S/C21H20FN3O3/c1-21(2,3)20(28)24-15-7-4-13(5-8-15)18(26)11-25-12-23-17-10-14(22)6-9-16(17)19(25)27/h4-10,12H,11H2,1-3H3,(H,24,28). The highest BCUT2D eigenvalue weighted by Gasteiger charge is 2.21.